The molecule has 1 aliphatic heterocycles. The Kier molecular flexibility index (Phi) is 8.14. The van der Waals surface area contributed by atoms with Gasteiger partial charge in [0, 0.05) is 30.0 Å². The monoisotopic (exact) mass is 549 g/mol. The van der Waals surface area contributed by atoms with Crippen molar-refractivity contribution in [3.8, 4) is 0 Å². The lowest BCUT2D eigenvalue weighted by molar-refractivity contribution is -0.140. The van der Waals surface area contributed by atoms with Crippen LogP contribution in [0.3, 0.4) is 0 Å². The number of fused-ring (bicyclic) bond motifs is 1. The number of hydrogen-bond acceptors (Lipinski definition) is 5. The molecule has 1 N–H and O–H groups in total. The van der Waals surface area contributed by atoms with Gasteiger partial charge in [-0.3, -0.25) is 14.4 Å². The summed E-state index contributed by atoms with van der Waals surface area (Å²) in [7, 11) is -3.92. The van der Waals surface area contributed by atoms with E-state index in [0.717, 1.165) is 14.3 Å². The fourth-order valence-corrected chi connectivity index (χ4v) is 5.62. The van der Waals surface area contributed by atoms with Crippen LogP contribution >= 0.6 is 15.9 Å². The first-order chi connectivity index (χ1) is 16.0. The summed E-state index contributed by atoms with van der Waals surface area (Å²) < 4.78 is 27.2. The number of carbonyl (C=O) groups excluding carboxylic acids is 3. The molecule has 3 rings (SSSR count). The predicted octanol–water partition coefficient (Wildman–Crippen LogP) is 3.32. The van der Waals surface area contributed by atoms with Gasteiger partial charge >= 0.3 is 0 Å². The Hall–Kier alpha value is -2.72. The van der Waals surface area contributed by atoms with Crippen molar-refractivity contribution in [1.29, 1.82) is 0 Å². The number of hydrogen-bond donors (Lipinski definition) is 1. The fraction of sp³-hybridized carbons (Fsp3) is 0.375. The molecule has 34 heavy (non-hydrogen) atoms. The Morgan fingerprint density at radius 1 is 1.06 bits per heavy atom. The fourth-order valence-electron chi connectivity index (χ4n) is 3.74. The maximum atomic E-state index is 13.2. The third-order valence-corrected chi connectivity index (χ3v) is 7.90. The minimum Gasteiger partial charge on any atom is -0.352 e. The van der Waals surface area contributed by atoms with Gasteiger partial charge in [-0.2, -0.15) is 0 Å². The molecule has 0 bridgehead atoms. The number of carbonyl (C=O) groups is 3. The number of rotatable bonds is 9. The second-order valence-corrected chi connectivity index (χ2v) is 11.2. The molecular weight excluding hydrogens is 522 g/mol. The second-order valence-electron chi connectivity index (χ2n) is 8.47. The normalized spacial score (nSPS) is 15.2. The van der Waals surface area contributed by atoms with Crippen molar-refractivity contribution in [2.24, 2.45) is 0 Å². The molecule has 0 aromatic heterocycles. The maximum Gasteiger partial charge on any atom is 0.269 e. The lowest BCUT2D eigenvalue weighted by atomic mass is 10.1. The minimum atomic E-state index is -3.92. The number of nitrogens with zero attached hydrogens (tertiary/aromatic N) is 2. The van der Waals surface area contributed by atoms with Gasteiger partial charge in [-0.1, -0.05) is 40.2 Å². The van der Waals surface area contributed by atoms with Gasteiger partial charge in [-0.15, -0.1) is 0 Å². The molecule has 1 heterocycles. The summed E-state index contributed by atoms with van der Waals surface area (Å²) in [5.74, 6) is -1.15. The standard InChI is InChI=1S/C24H28BrN3O5S/c1-16(2)26-23(30)17(3)27(15-18-10-12-19(25)13-11-18)22(29)9-6-14-28-24(31)20-7-4-5-8-21(20)34(28,32)33/h4-5,7-8,10-13,16-17H,6,9,14-15H2,1-3H3,(H,26,30). The van der Waals surface area contributed by atoms with Gasteiger partial charge < -0.3 is 10.2 Å². The highest BCUT2D eigenvalue weighted by Gasteiger charge is 2.40. The molecule has 0 fully saturated rings. The van der Waals surface area contributed by atoms with E-state index in [9.17, 15) is 22.8 Å². The average molecular weight is 550 g/mol. The predicted molar refractivity (Wildman–Crippen MR) is 131 cm³/mol. The van der Waals surface area contributed by atoms with Gasteiger partial charge in [0.25, 0.3) is 15.9 Å². The molecule has 182 valence electrons. The van der Waals surface area contributed by atoms with Gasteiger partial charge in [0.05, 0.1) is 5.56 Å². The Morgan fingerprint density at radius 2 is 1.71 bits per heavy atom. The zero-order chi connectivity index (χ0) is 25.0. The van der Waals surface area contributed by atoms with Crippen molar-refractivity contribution >= 4 is 43.7 Å². The van der Waals surface area contributed by atoms with Crippen LogP contribution in [0.1, 0.15) is 49.5 Å². The molecule has 10 heteroatoms. The van der Waals surface area contributed by atoms with E-state index in [1.54, 1.807) is 19.1 Å². The number of halogens is 1. The van der Waals surface area contributed by atoms with E-state index < -0.39 is 22.0 Å². The van der Waals surface area contributed by atoms with Crippen LogP contribution in [0, 0.1) is 0 Å². The van der Waals surface area contributed by atoms with E-state index in [-0.39, 0.29) is 54.2 Å². The molecule has 1 aliphatic rings. The molecule has 8 nitrogen and oxygen atoms in total. The van der Waals surface area contributed by atoms with Crippen molar-refractivity contribution in [3.63, 3.8) is 0 Å². The SMILES string of the molecule is CC(C)NC(=O)C(C)N(Cc1ccc(Br)cc1)C(=O)CCCN1C(=O)c2ccccc2S1(=O)=O. The lowest BCUT2D eigenvalue weighted by Gasteiger charge is -2.29. The van der Waals surface area contributed by atoms with Crippen LogP contribution in [0.2, 0.25) is 0 Å². The van der Waals surface area contributed by atoms with Gasteiger partial charge in [-0.25, -0.2) is 12.7 Å². The van der Waals surface area contributed by atoms with Crippen molar-refractivity contribution < 1.29 is 22.8 Å². The van der Waals surface area contributed by atoms with Crippen LogP contribution in [0.25, 0.3) is 0 Å². The Balaban J connectivity index is 1.70. The molecule has 3 amide bonds. The van der Waals surface area contributed by atoms with Crippen LogP contribution in [-0.4, -0.2) is 54.0 Å². The van der Waals surface area contributed by atoms with Crippen LogP contribution in [0.15, 0.2) is 57.9 Å². The van der Waals surface area contributed by atoms with Crippen molar-refractivity contribution in [1.82, 2.24) is 14.5 Å². The van der Waals surface area contributed by atoms with Crippen molar-refractivity contribution in [3.05, 3.63) is 64.1 Å². The first kappa shape index (κ1) is 25.9. The smallest absolute Gasteiger partial charge is 0.269 e. The molecule has 0 aliphatic carbocycles. The highest BCUT2D eigenvalue weighted by Crippen LogP contribution is 2.30. The molecule has 0 saturated heterocycles. The number of sulfonamides is 1. The Bertz CT molecular complexity index is 1180. The molecule has 2 aromatic carbocycles. The lowest BCUT2D eigenvalue weighted by Crippen LogP contribution is -2.49. The third-order valence-electron chi connectivity index (χ3n) is 5.53. The van der Waals surface area contributed by atoms with Gasteiger partial charge in [0.15, 0.2) is 0 Å². The Morgan fingerprint density at radius 3 is 2.32 bits per heavy atom. The third kappa shape index (κ3) is 5.67. The van der Waals surface area contributed by atoms with Crippen LogP contribution in [-0.2, 0) is 26.2 Å². The van der Waals surface area contributed by atoms with E-state index >= 15 is 0 Å². The van der Waals surface area contributed by atoms with E-state index in [0.29, 0.717) is 0 Å². The highest BCUT2D eigenvalue weighted by atomic mass is 79.9. The highest BCUT2D eigenvalue weighted by molar-refractivity contribution is 9.10. The summed E-state index contributed by atoms with van der Waals surface area (Å²) in [5, 5.41) is 2.83. The first-order valence-electron chi connectivity index (χ1n) is 11.0. The average Bonchev–Trinajstić information content (AvgIpc) is 2.98. The van der Waals surface area contributed by atoms with Gasteiger partial charge in [-0.05, 0) is 57.0 Å². The topological polar surface area (TPSA) is 104 Å². The molecular formula is C24H28BrN3O5S. The van der Waals surface area contributed by atoms with E-state index in [4.69, 9.17) is 0 Å². The summed E-state index contributed by atoms with van der Waals surface area (Å²) >= 11 is 3.39. The zero-order valence-corrected chi connectivity index (χ0v) is 21.7. The summed E-state index contributed by atoms with van der Waals surface area (Å²) in [6.07, 6.45) is 0.138. The summed E-state index contributed by atoms with van der Waals surface area (Å²) in [6.45, 7) is 5.47. The molecule has 1 atom stereocenters. The summed E-state index contributed by atoms with van der Waals surface area (Å²) in [6, 6.07) is 12.7. The van der Waals surface area contributed by atoms with Crippen LogP contribution < -0.4 is 5.32 Å². The molecule has 0 spiro atoms. The number of benzene rings is 2. The van der Waals surface area contributed by atoms with E-state index in [1.807, 2.05) is 38.1 Å². The Labute approximate surface area is 208 Å². The minimum absolute atomic E-state index is 0.00846. The van der Waals surface area contributed by atoms with Crippen molar-refractivity contribution in [2.75, 3.05) is 6.54 Å². The van der Waals surface area contributed by atoms with E-state index in [2.05, 4.69) is 21.2 Å². The molecule has 1 unspecified atom stereocenters. The molecule has 0 saturated carbocycles. The van der Waals surface area contributed by atoms with E-state index in [1.165, 1.54) is 17.0 Å². The number of amides is 3. The quantitative estimate of drug-likeness (QED) is 0.516. The zero-order valence-electron chi connectivity index (χ0n) is 19.3. The van der Waals surface area contributed by atoms with Gasteiger partial charge in [0.2, 0.25) is 11.8 Å². The first-order valence-corrected chi connectivity index (χ1v) is 13.3. The number of nitrogens with one attached hydrogen (secondary N) is 1. The summed E-state index contributed by atoms with van der Waals surface area (Å²) in [5.41, 5.74) is 0.998. The van der Waals surface area contributed by atoms with Crippen molar-refractivity contribution in [2.45, 2.75) is 57.1 Å². The second kappa shape index (κ2) is 10.7. The molecule has 2 aromatic rings. The molecule has 0 radical (unpaired) electrons. The summed E-state index contributed by atoms with van der Waals surface area (Å²) in [4.78, 5) is 39.9. The van der Waals surface area contributed by atoms with Crippen LogP contribution in [0.4, 0.5) is 0 Å². The van der Waals surface area contributed by atoms with Crippen LogP contribution in [0.5, 0.6) is 0 Å². The van der Waals surface area contributed by atoms with Gasteiger partial charge in [0.1, 0.15) is 10.9 Å². The maximum absolute atomic E-state index is 13.2. The largest absolute Gasteiger partial charge is 0.352 e.